The van der Waals surface area contributed by atoms with Gasteiger partial charge in [-0.2, -0.15) is 0 Å². The van der Waals surface area contributed by atoms with E-state index >= 15 is 0 Å². The number of ether oxygens (including phenoxy) is 2. The van der Waals surface area contributed by atoms with E-state index in [1.165, 1.54) is 18.4 Å². The molecule has 0 fully saturated rings. The lowest BCUT2D eigenvalue weighted by molar-refractivity contribution is 0.206. The van der Waals surface area contributed by atoms with E-state index in [0.717, 1.165) is 18.1 Å². The fourth-order valence-corrected chi connectivity index (χ4v) is 2.28. The number of rotatable bonds is 9. The van der Waals surface area contributed by atoms with Crippen molar-refractivity contribution >= 4 is 0 Å². The van der Waals surface area contributed by atoms with Crippen LogP contribution in [0.2, 0.25) is 0 Å². The highest BCUT2D eigenvalue weighted by molar-refractivity contribution is 5.27. The van der Waals surface area contributed by atoms with Crippen molar-refractivity contribution in [2.24, 2.45) is 5.92 Å². The monoisotopic (exact) mass is 300 g/mol. The largest absolute Gasteiger partial charge is 0.490 e. The van der Waals surface area contributed by atoms with Crippen LogP contribution in [0, 0.1) is 5.92 Å². The van der Waals surface area contributed by atoms with E-state index in [-0.39, 0.29) is 0 Å². The first-order valence-corrected chi connectivity index (χ1v) is 7.93. The summed E-state index contributed by atoms with van der Waals surface area (Å²) in [5, 5.41) is 0. The molecule has 2 aromatic rings. The van der Waals surface area contributed by atoms with E-state index in [1.807, 2.05) is 12.1 Å². The molecule has 0 saturated heterocycles. The van der Waals surface area contributed by atoms with Crippen molar-refractivity contribution in [1.29, 1.82) is 0 Å². The molecule has 1 heterocycles. The SMILES string of the molecule is CCC(CC)Cc1ccc(OCCOc2ncccn2)cc1. The minimum absolute atomic E-state index is 0.381. The number of aromatic nitrogens is 2. The molecule has 118 valence electrons. The molecule has 0 unspecified atom stereocenters. The van der Waals surface area contributed by atoms with Crippen LogP contribution in [0.15, 0.2) is 42.7 Å². The Kier molecular flexibility index (Phi) is 6.68. The molecule has 4 nitrogen and oxygen atoms in total. The Bertz CT molecular complexity index is 525. The molecule has 0 spiro atoms. The van der Waals surface area contributed by atoms with Crippen LogP contribution in [0.25, 0.3) is 0 Å². The summed E-state index contributed by atoms with van der Waals surface area (Å²) in [5.41, 5.74) is 1.37. The lowest BCUT2D eigenvalue weighted by Crippen LogP contribution is -2.10. The Morgan fingerprint density at radius 2 is 1.55 bits per heavy atom. The van der Waals surface area contributed by atoms with Crippen molar-refractivity contribution in [3.8, 4) is 11.8 Å². The van der Waals surface area contributed by atoms with Crippen LogP contribution in [0.5, 0.6) is 11.8 Å². The highest BCUT2D eigenvalue weighted by Gasteiger charge is 2.05. The van der Waals surface area contributed by atoms with E-state index in [1.54, 1.807) is 18.5 Å². The van der Waals surface area contributed by atoms with E-state index < -0.39 is 0 Å². The first kappa shape index (κ1) is 16.3. The maximum absolute atomic E-state index is 5.66. The molecule has 0 aliphatic heterocycles. The predicted molar refractivity (Wildman–Crippen MR) is 87.2 cm³/mol. The highest BCUT2D eigenvalue weighted by atomic mass is 16.5. The van der Waals surface area contributed by atoms with Gasteiger partial charge in [0.2, 0.25) is 0 Å². The van der Waals surface area contributed by atoms with Crippen molar-refractivity contribution in [1.82, 2.24) is 9.97 Å². The van der Waals surface area contributed by atoms with E-state index in [4.69, 9.17) is 9.47 Å². The van der Waals surface area contributed by atoms with Gasteiger partial charge < -0.3 is 9.47 Å². The Morgan fingerprint density at radius 3 is 2.18 bits per heavy atom. The highest BCUT2D eigenvalue weighted by Crippen LogP contribution is 2.18. The van der Waals surface area contributed by atoms with Gasteiger partial charge in [0.1, 0.15) is 19.0 Å². The molecule has 0 amide bonds. The standard InChI is InChI=1S/C18H24N2O2/c1-3-15(4-2)14-16-6-8-17(9-7-16)21-12-13-22-18-19-10-5-11-20-18/h5-11,15H,3-4,12-14H2,1-2H3. The zero-order valence-corrected chi connectivity index (χ0v) is 13.4. The number of benzene rings is 1. The van der Waals surface area contributed by atoms with Crippen molar-refractivity contribution in [3.63, 3.8) is 0 Å². The normalized spacial score (nSPS) is 10.7. The summed E-state index contributed by atoms with van der Waals surface area (Å²) in [6.45, 7) is 5.41. The molecule has 0 N–H and O–H groups in total. The second-order valence-corrected chi connectivity index (χ2v) is 5.26. The molecular weight excluding hydrogens is 276 g/mol. The third-order valence-electron chi connectivity index (χ3n) is 3.73. The van der Waals surface area contributed by atoms with Crippen molar-refractivity contribution in [2.45, 2.75) is 33.1 Å². The summed E-state index contributed by atoms with van der Waals surface area (Å²) in [7, 11) is 0. The number of nitrogens with zero attached hydrogens (tertiary/aromatic N) is 2. The van der Waals surface area contributed by atoms with Crippen molar-refractivity contribution in [3.05, 3.63) is 48.3 Å². The van der Waals surface area contributed by atoms with E-state index in [9.17, 15) is 0 Å². The van der Waals surface area contributed by atoms with Gasteiger partial charge in [-0.25, -0.2) is 9.97 Å². The Hall–Kier alpha value is -2.10. The maximum Gasteiger partial charge on any atom is 0.316 e. The van der Waals surface area contributed by atoms with Crippen LogP contribution < -0.4 is 9.47 Å². The third kappa shape index (κ3) is 5.35. The fraction of sp³-hybridized carbons (Fsp3) is 0.444. The summed E-state index contributed by atoms with van der Waals surface area (Å²) in [4.78, 5) is 7.98. The van der Waals surface area contributed by atoms with Gasteiger partial charge in [0.25, 0.3) is 0 Å². The lowest BCUT2D eigenvalue weighted by atomic mass is 9.95. The minimum atomic E-state index is 0.381. The van der Waals surface area contributed by atoms with Gasteiger partial charge in [0, 0.05) is 12.4 Å². The minimum Gasteiger partial charge on any atom is -0.490 e. The van der Waals surface area contributed by atoms with Gasteiger partial charge >= 0.3 is 6.01 Å². The smallest absolute Gasteiger partial charge is 0.316 e. The van der Waals surface area contributed by atoms with Crippen molar-refractivity contribution < 1.29 is 9.47 Å². The Labute approximate surface area is 132 Å². The summed E-state index contributed by atoms with van der Waals surface area (Å²) in [6, 6.07) is 10.5. The van der Waals surface area contributed by atoms with Gasteiger partial charge in [-0.15, -0.1) is 0 Å². The molecule has 0 saturated carbocycles. The zero-order chi connectivity index (χ0) is 15.6. The molecule has 2 rings (SSSR count). The number of hydrogen-bond acceptors (Lipinski definition) is 4. The molecule has 0 atom stereocenters. The summed E-state index contributed by atoms with van der Waals surface area (Å²) >= 11 is 0. The molecule has 22 heavy (non-hydrogen) atoms. The first-order valence-electron chi connectivity index (χ1n) is 7.93. The molecule has 0 radical (unpaired) electrons. The third-order valence-corrected chi connectivity index (χ3v) is 3.73. The van der Waals surface area contributed by atoms with E-state index in [2.05, 4.69) is 35.9 Å². The Balaban J connectivity index is 1.72. The first-order chi connectivity index (χ1) is 10.8. The number of hydrogen-bond donors (Lipinski definition) is 0. The summed E-state index contributed by atoms with van der Waals surface area (Å²) in [5.74, 6) is 1.64. The molecule has 0 aliphatic carbocycles. The van der Waals surface area contributed by atoms with Gasteiger partial charge in [-0.1, -0.05) is 38.8 Å². The lowest BCUT2D eigenvalue weighted by Gasteiger charge is -2.12. The molecule has 1 aromatic carbocycles. The van der Waals surface area contributed by atoms with Crippen LogP contribution in [0.3, 0.4) is 0 Å². The van der Waals surface area contributed by atoms with Gasteiger partial charge in [-0.3, -0.25) is 0 Å². The van der Waals surface area contributed by atoms with Crippen molar-refractivity contribution in [2.75, 3.05) is 13.2 Å². The average molecular weight is 300 g/mol. The second-order valence-electron chi connectivity index (χ2n) is 5.26. The van der Waals surface area contributed by atoms with Crippen LogP contribution in [0.4, 0.5) is 0 Å². The molecule has 0 bridgehead atoms. The van der Waals surface area contributed by atoms with Gasteiger partial charge in [-0.05, 0) is 36.1 Å². The Morgan fingerprint density at radius 1 is 0.909 bits per heavy atom. The van der Waals surface area contributed by atoms with Gasteiger partial charge in [0.05, 0.1) is 0 Å². The van der Waals surface area contributed by atoms with Crippen LogP contribution in [-0.2, 0) is 6.42 Å². The molecular formula is C18H24N2O2. The van der Waals surface area contributed by atoms with Crippen LogP contribution >= 0.6 is 0 Å². The van der Waals surface area contributed by atoms with Crippen LogP contribution in [-0.4, -0.2) is 23.2 Å². The second kappa shape index (κ2) is 9.03. The molecule has 0 aliphatic rings. The van der Waals surface area contributed by atoms with E-state index in [0.29, 0.717) is 19.2 Å². The van der Waals surface area contributed by atoms with Gasteiger partial charge in [0.15, 0.2) is 0 Å². The molecule has 1 aromatic heterocycles. The summed E-state index contributed by atoms with van der Waals surface area (Å²) < 4.78 is 11.0. The zero-order valence-electron chi connectivity index (χ0n) is 13.4. The average Bonchev–Trinajstić information content (AvgIpc) is 2.58. The predicted octanol–water partition coefficient (Wildman–Crippen LogP) is 3.91. The maximum atomic E-state index is 5.66. The molecule has 4 heteroatoms. The van der Waals surface area contributed by atoms with Crippen LogP contribution in [0.1, 0.15) is 32.3 Å². The topological polar surface area (TPSA) is 44.2 Å². The summed E-state index contributed by atoms with van der Waals surface area (Å²) in [6.07, 6.45) is 6.91. The fourth-order valence-electron chi connectivity index (χ4n) is 2.28. The quantitative estimate of drug-likeness (QED) is 0.659.